The van der Waals surface area contributed by atoms with Crippen LogP contribution in [0.15, 0.2) is 6.07 Å². The van der Waals surface area contributed by atoms with Crippen LogP contribution in [0.2, 0.25) is 0 Å². The van der Waals surface area contributed by atoms with Gasteiger partial charge in [0.15, 0.2) is 0 Å². The zero-order valence-corrected chi connectivity index (χ0v) is 11.4. The van der Waals surface area contributed by atoms with Gasteiger partial charge in [0, 0.05) is 17.5 Å². The number of hydrogen-bond acceptors (Lipinski definition) is 4. The maximum Gasteiger partial charge on any atom is 0.339 e. The van der Waals surface area contributed by atoms with Gasteiger partial charge in [-0.2, -0.15) is 11.8 Å². The highest BCUT2D eigenvalue weighted by Gasteiger charge is 2.16. The normalized spacial score (nSPS) is 12.2. The molecule has 0 spiro atoms. The Morgan fingerprint density at radius 3 is 2.76 bits per heavy atom. The largest absolute Gasteiger partial charge is 0.478 e. The fourth-order valence-corrected chi connectivity index (χ4v) is 2.35. The zero-order valence-electron chi connectivity index (χ0n) is 10.6. The lowest BCUT2D eigenvalue weighted by Gasteiger charge is -2.17. The molecular formula is C12H18N2O2S. The molecule has 0 fully saturated rings. The quantitative estimate of drug-likeness (QED) is 0.845. The highest BCUT2D eigenvalue weighted by Crippen LogP contribution is 2.21. The van der Waals surface area contributed by atoms with Crippen LogP contribution in [0.5, 0.6) is 0 Å². The van der Waals surface area contributed by atoms with Crippen molar-refractivity contribution in [3.63, 3.8) is 0 Å². The van der Waals surface area contributed by atoms with E-state index < -0.39 is 5.97 Å². The van der Waals surface area contributed by atoms with Gasteiger partial charge in [-0.3, -0.25) is 4.98 Å². The molecule has 1 aromatic rings. The molecular weight excluding hydrogens is 236 g/mol. The van der Waals surface area contributed by atoms with Gasteiger partial charge in [-0.05, 0) is 33.1 Å². The molecule has 1 rings (SSSR count). The minimum Gasteiger partial charge on any atom is -0.478 e. The van der Waals surface area contributed by atoms with Crippen LogP contribution in [0.3, 0.4) is 0 Å². The Kier molecular flexibility index (Phi) is 4.81. The topological polar surface area (TPSA) is 62.2 Å². The van der Waals surface area contributed by atoms with E-state index in [1.165, 1.54) is 0 Å². The van der Waals surface area contributed by atoms with Gasteiger partial charge in [-0.25, -0.2) is 4.79 Å². The summed E-state index contributed by atoms with van der Waals surface area (Å²) in [6.07, 6.45) is 2.03. The first kappa shape index (κ1) is 13.8. The Bertz CT molecular complexity index is 421. The summed E-state index contributed by atoms with van der Waals surface area (Å²) in [5, 5.41) is 12.4. The molecule has 0 aliphatic heterocycles. The van der Waals surface area contributed by atoms with Gasteiger partial charge in [0.2, 0.25) is 0 Å². The molecule has 1 atom stereocenters. The molecule has 0 saturated heterocycles. The lowest BCUT2D eigenvalue weighted by Crippen LogP contribution is -2.20. The van der Waals surface area contributed by atoms with Gasteiger partial charge in [-0.1, -0.05) is 0 Å². The third-order valence-corrected chi connectivity index (χ3v) is 3.19. The second kappa shape index (κ2) is 5.91. The van der Waals surface area contributed by atoms with Gasteiger partial charge in [0.25, 0.3) is 0 Å². The number of nitrogens with one attached hydrogen (secondary N) is 1. The van der Waals surface area contributed by atoms with Gasteiger partial charge >= 0.3 is 5.97 Å². The number of carbonyl (C=O) groups is 1. The van der Waals surface area contributed by atoms with Crippen LogP contribution < -0.4 is 5.32 Å². The van der Waals surface area contributed by atoms with Crippen molar-refractivity contribution < 1.29 is 9.90 Å². The molecule has 0 aliphatic carbocycles. The van der Waals surface area contributed by atoms with E-state index in [-0.39, 0.29) is 11.6 Å². The minimum absolute atomic E-state index is 0.226. The van der Waals surface area contributed by atoms with Crippen LogP contribution in [0.25, 0.3) is 0 Å². The maximum absolute atomic E-state index is 11.2. The van der Waals surface area contributed by atoms with Crippen molar-refractivity contribution in [1.29, 1.82) is 0 Å². The predicted octanol–water partition coefficient (Wildman–Crippen LogP) is 2.56. The Hall–Kier alpha value is -1.23. The van der Waals surface area contributed by atoms with E-state index >= 15 is 0 Å². The standard InChI is InChI=1S/C12H18N2O2S/c1-7-5-10(14-8(2)6-17-4)11(12(15)16)9(3)13-7/h5,8H,6H2,1-4H3,(H,13,14)(H,15,16). The molecule has 0 saturated carbocycles. The number of aryl methyl sites for hydroxylation is 2. The fraction of sp³-hybridized carbons (Fsp3) is 0.500. The smallest absolute Gasteiger partial charge is 0.339 e. The van der Waals surface area contributed by atoms with Crippen molar-refractivity contribution in [1.82, 2.24) is 4.98 Å². The summed E-state index contributed by atoms with van der Waals surface area (Å²) >= 11 is 1.73. The molecule has 0 aliphatic rings. The number of anilines is 1. The Morgan fingerprint density at radius 1 is 1.59 bits per heavy atom. The summed E-state index contributed by atoms with van der Waals surface area (Å²) in [4.78, 5) is 15.4. The third kappa shape index (κ3) is 3.63. The van der Waals surface area contributed by atoms with Crippen LogP contribution in [0.1, 0.15) is 28.7 Å². The Balaban J connectivity index is 3.08. The molecule has 94 valence electrons. The second-order valence-electron chi connectivity index (χ2n) is 4.08. The zero-order chi connectivity index (χ0) is 13.0. The summed E-state index contributed by atoms with van der Waals surface area (Å²) in [7, 11) is 0. The number of thioether (sulfide) groups is 1. The van der Waals surface area contributed by atoms with E-state index in [0.717, 1.165) is 11.4 Å². The van der Waals surface area contributed by atoms with Crippen LogP contribution in [-0.2, 0) is 0 Å². The molecule has 17 heavy (non-hydrogen) atoms. The van der Waals surface area contributed by atoms with Crippen molar-refractivity contribution in [3.05, 3.63) is 23.0 Å². The average Bonchev–Trinajstić information content (AvgIpc) is 2.15. The first-order chi connectivity index (χ1) is 7.95. The van der Waals surface area contributed by atoms with E-state index in [1.807, 2.05) is 20.1 Å². The number of aromatic carboxylic acids is 1. The SMILES string of the molecule is CSCC(C)Nc1cc(C)nc(C)c1C(=O)O. The number of carboxylic acid groups (broad SMARTS) is 1. The summed E-state index contributed by atoms with van der Waals surface area (Å²) < 4.78 is 0. The van der Waals surface area contributed by atoms with Gasteiger partial charge in [0.05, 0.1) is 11.4 Å². The van der Waals surface area contributed by atoms with Crippen molar-refractivity contribution in [2.75, 3.05) is 17.3 Å². The van der Waals surface area contributed by atoms with Gasteiger partial charge in [0.1, 0.15) is 5.56 Å². The van der Waals surface area contributed by atoms with Crippen molar-refractivity contribution in [2.24, 2.45) is 0 Å². The van der Waals surface area contributed by atoms with Crippen LogP contribution in [0, 0.1) is 13.8 Å². The second-order valence-corrected chi connectivity index (χ2v) is 4.99. The van der Waals surface area contributed by atoms with Crippen molar-refractivity contribution in [2.45, 2.75) is 26.8 Å². The number of aromatic nitrogens is 1. The average molecular weight is 254 g/mol. The number of rotatable bonds is 5. The molecule has 4 nitrogen and oxygen atoms in total. The minimum atomic E-state index is -0.936. The third-order valence-electron chi connectivity index (χ3n) is 2.36. The molecule has 0 aromatic carbocycles. The van der Waals surface area contributed by atoms with E-state index in [1.54, 1.807) is 24.8 Å². The Morgan fingerprint density at radius 2 is 2.24 bits per heavy atom. The maximum atomic E-state index is 11.2. The Labute approximate surface area is 106 Å². The van der Waals surface area contributed by atoms with Crippen LogP contribution >= 0.6 is 11.8 Å². The number of nitrogens with zero attached hydrogens (tertiary/aromatic N) is 1. The molecule has 1 unspecified atom stereocenters. The first-order valence-electron chi connectivity index (χ1n) is 5.42. The van der Waals surface area contributed by atoms with E-state index in [4.69, 9.17) is 0 Å². The predicted molar refractivity (Wildman–Crippen MR) is 72.1 cm³/mol. The lowest BCUT2D eigenvalue weighted by molar-refractivity contribution is 0.0696. The molecule has 5 heteroatoms. The molecule has 0 radical (unpaired) electrons. The van der Waals surface area contributed by atoms with Crippen LogP contribution in [-0.4, -0.2) is 34.1 Å². The molecule has 0 amide bonds. The van der Waals surface area contributed by atoms with Crippen molar-refractivity contribution in [3.8, 4) is 0 Å². The summed E-state index contributed by atoms with van der Waals surface area (Å²) in [5.41, 5.74) is 2.30. The van der Waals surface area contributed by atoms with Crippen LogP contribution in [0.4, 0.5) is 5.69 Å². The fourth-order valence-electron chi connectivity index (χ4n) is 1.77. The van der Waals surface area contributed by atoms with E-state index in [2.05, 4.69) is 10.3 Å². The summed E-state index contributed by atoms with van der Waals surface area (Å²) in [6, 6.07) is 2.01. The molecule has 1 heterocycles. The highest BCUT2D eigenvalue weighted by molar-refractivity contribution is 7.98. The summed E-state index contributed by atoms with van der Waals surface area (Å²) in [6.45, 7) is 5.62. The first-order valence-corrected chi connectivity index (χ1v) is 6.82. The highest BCUT2D eigenvalue weighted by atomic mass is 32.2. The molecule has 1 aromatic heterocycles. The lowest BCUT2D eigenvalue weighted by atomic mass is 10.1. The van der Waals surface area contributed by atoms with Crippen molar-refractivity contribution >= 4 is 23.4 Å². The number of carboxylic acids is 1. The number of hydrogen-bond donors (Lipinski definition) is 2. The van der Waals surface area contributed by atoms with Gasteiger partial charge < -0.3 is 10.4 Å². The summed E-state index contributed by atoms with van der Waals surface area (Å²) in [5.74, 6) is -0.00621. The number of pyridine rings is 1. The van der Waals surface area contributed by atoms with E-state index in [9.17, 15) is 9.90 Å². The van der Waals surface area contributed by atoms with E-state index in [0.29, 0.717) is 11.4 Å². The molecule has 0 bridgehead atoms. The van der Waals surface area contributed by atoms with Gasteiger partial charge in [-0.15, -0.1) is 0 Å². The molecule has 2 N–H and O–H groups in total. The monoisotopic (exact) mass is 254 g/mol.